The first-order chi connectivity index (χ1) is 27.3. The fourth-order valence-electron chi connectivity index (χ4n) is 7.99. The highest BCUT2D eigenvalue weighted by molar-refractivity contribution is 7.26. The first-order valence-corrected chi connectivity index (χ1v) is 19.2. The fraction of sp³-hybridized carbons (Fsp3) is 0. The molecule has 0 saturated carbocycles. The summed E-state index contributed by atoms with van der Waals surface area (Å²) >= 11 is 1.86. The molecule has 0 radical (unpaired) electrons. The third-order valence-electron chi connectivity index (χ3n) is 10.6. The predicted molar refractivity (Wildman–Crippen MR) is 230 cm³/mol. The highest BCUT2D eigenvalue weighted by atomic mass is 32.1. The summed E-state index contributed by atoms with van der Waals surface area (Å²) in [5, 5.41) is 8.53. The van der Waals surface area contributed by atoms with Crippen LogP contribution in [-0.4, -0.2) is 19.9 Å². The van der Waals surface area contributed by atoms with E-state index in [-0.39, 0.29) is 0 Å². The lowest BCUT2D eigenvalue weighted by molar-refractivity contribution is 1.22. The van der Waals surface area contributed by atoms with E-state index < -0.39 is 0 Å². The van der Waals surface area contributed by atoms with Crippen LogP contribution in [0.4, 0.5) is 0 Å². The summed E-state index contributed by atoms with van der Waals surface area (Å²) < 4.78 is 2.53. The molecule has 0 aliphatic heterocycles. The van der Waals surface area contributed by atoms with Gasteiger partial charge < -0.3 is 0 Å². The molecule has 0 aliphatic carbocycles. The van der Waals surface area contributed by atoms with Crippen LogP contribution in [0.25, 0.3) is 109 Å². The van der Waals surface area contributed by atoms with Gasteiger partial charge in [0.15, 0.2) is 0 Å². The topological polar surface area (TPSA) is 51.6 Å². The van der Waals surface area contributed by atoms with Gasteiger partial charge in [-0.1, -0.05) is 121 Å². The van der Waals surface area contributed by atoms with Crippen LogP contribution in [0.1, 0.15) is 0 Å². The molecule has 0 atom stereocenters. The van der Waals surface area contributed by atoms with E-state index in [4.69, 9.17) is 9.97 Å². The Morgan fingerprint density at radius 3 is 1.73 bits per heavy atom. The Bertz CT molecular complexity index is 3190. The van der Waals surface area contributed by atoms with Gasteiger partial charge in [-0.15, -0.1) is 11.3 Å². The number of aromatic nitrogens is 4. The molecule has 55 heavy (non-hydrogen) atoms. The highest BCUT2D eigenvalue weighted by Crippen LogP contribution is 2.46. The van der Waals surface area contributed by atoms with Crippen LogP contribution in [-0.2, 0) is 0 Å². The van der Waals surface area contributed by atoms with Crippen molar-refractivity contribution in [2.45, 2.75) is 0 Å². The van der Waals surface area contributed by atoms with E-state index in [2.05, 4.69) is 143 Å². The minimum atomic E-state index is 0.808. The Labute approximate surface area is 321 Å². The minimum Gasteiger partial charge on any atom is -0.255 e. The summed E-state index contributed by atoms with van der Waals surface area (Å²) in [6, 6.07) is 60.0. The van der Waals surface area contributed by atoms with Gasteiger partial charge in [0.2, 0.25) is 0 Å². The molecule has 0 aliphatic rings. The number of benzene rings is 6. The van der Waals surface area contributed by atoms with Crippen molar-refractivity contribution in [3.05, 3.63) is 182 Å². The number of pyridine rings is 4. The van der Waals surface area contributed by atoms with Crippen molar-refractivity contribution in [1.29, 1.82) is 0 Å². The zero-order valence-corrected chi connectivity index (χ0v) is 30.3. The number of nitrogens with zero attached hydrogens (tertiary/aromatic N) is 4. The number of fused-ring (bicyclic) bond motifs is 8. The SMILES string of the molecule is c1ccc(-c2cc(-c3ccc(-c4cccc5c4nc(-c4cc6ccccc6c6ccccc46)c4c6ccccc6sc54)cc3)cc(-c3ccccn3)n2)nc1. The van der Waals surface area contributed by atoms with Gasteiger partial charge in [-0.3, -0.25) is 9.97 Å². The molecule has 256 valence electrons. The summed E-state index contributed by atoms with van der Waals surface area (Å²) in [7, 11) is 0. The van der Waals surface area contributed by atoms with Crippen LogP contribution in [0.15, 0.2) is 182 Å². The van der Waals surface area contributed by atoms with Gasteiger partial charge >= 0.3 is 0 Å². The third kappa shape index (κ3) is 5.28. The molecule has 0 N–H and O–H groups in total. The van der Waals surface area contributed by atoms with Crippen molar-refractivity contribution in [3.8, 4) is 56.3 Å². The van der Waals surface area contributed by atoms with E-state index in [1.807, 2.05) is 47.7 Å². The Hall–Kier alpha value is -7.08. The first kappa shape index (κ1) is 31.4. The Morgan fingerprint density at radius 1 is 0.382 bits per heavy atom. The second kappa shape index (κ2) is 12.8. The van der Waals surface area contributed by atoms with Gasteiger partial charge in [0.25, 0.3) is 0 Å². The largest absolute Gasteiger partial charge is 0.255 e. The molecule has 6 aromatic carbocycles. The molecule has 4 nitrogen and oxygen atoms in total. The summed E-state index contributed by atoms with van der Waals surface area (Å²) in [6.07, 6.45) is 3.61. The van der Waals surface area contributed by atoms with E-state index in [9.17, 15) is 0 Å². The molecule has 0 spiro atoms. The Balaban J connectivity index is 1.11. The van der Waals surface area contributed by atoms with Gasteiger partial charge in [0.05, 0.1) is 34.0 Å². The Kier molecular flexibility index (Phi) is 7.32. The quantitative estimate of drug-likeness (QED) is 0.166. The van der Waals surface area contributed by atoms with Crippen LogP contribution < -0.4 is 0 Å². The maximum atomic E-state index is 5.68. The molecule has 0 unspecified atom stereocenters. The van der Waals surface area contributed by atoms with E-state index in [1.54, 1.807) is 12.4 Å². The summed E-state index contributed by atoms with van der Waals surface area (Å²) in [6.45, 7) is 0. The number of thiophene rings is 1. The van der Waals surface area contributed by atoms with Crippen molar-refractivity contribution in [1.82, 2.24) is 19.9 Å². The van der Waals surface area contributed by atoms with Gasteiger partial charge in [-0.25, -0.2) is 9.97 Å². The molecule has 0 fully saturated rings. The van der Waals surface area contributed by atoms with Gasteiger partial charge in [-0.2, -0.15) is 0 Å². The first-order valence-electron chi connectivity index (χ1n) is 18.4. The lowest BCUT2D eigenvalue weighted by Crippen LogP contribution is -1.94. The van der Waals surface area contributed by atoms with Crippen LogP contribution in [0.3, 0.4) is 0 Å². The van der Waals surface area contributed by atoms with E-state index >= 15 is 0 Å². The van der Waals surface area contributed by atoms with Crippen LogP contribution >= 0.6 is 11.3 Å². The standard InChI is InChI=1S/C50H30N4S/c1-2-13-35-33(12-1)28-41(38-15-4-3-14-37(35)38)49-47-39-16-5-6-21-46(39)55-50(47)40-18-11-17-36(48(40)54-49)32-24-22-31(23-25-32)34-29-44(42-19-7-9-26-51-42)53-45(30-34)43-20-8-10-27-52-43/h1-30H. The number of hydrogen-bond acceptors (Lipinski definition) is 5. The molecule has 0 bridgehead atoms. The van der Waals surface area contributed by atoms with Crippen molar-refractivity contribution in [3.63, 3.8) is 0 Å². The van der Waals surface area contributed by atoms with Gasteiger partial charge in [0.1, 0.15) is 0 Å². The molecule has 0 amide bonds. The molecule has 5 aromatic heterocycles. The molecule has 5 heteroatoms. The van der Waals surface area contributed by atoms with E-state index in [0.29, 0.717) is 0 Å². The average Bonchev–Trinajstić information content (AvgIpc) is 3.66. The lowest BCUT2D eigenvalue weighted by atomic mass is 9.92. The molecule has 11 rings (SSSR count). The molecular formula is C50H30N4S. The average molecular weight is 719 g/mol. The lowest BCUT2D eigenvalue weighted by Gasteiger charge is -2.15. The summed E-state index contributed by atoms with van der Waals surface area (Å²) in [4.78, 5) is 19.9. The maximum absolute atomic E-state index is 5.68. The molecular weight excluding hydrogens is 689 g/mol. The Morgan fingerprint density at radius 2 is 1.00 bits per heavy atom. The molecule has 5 heterocycles. The number of para-hydroxylation sites is 1. The number of rotatable bonds is 5. The molecule has 11 aromatic rings. The minimum absolute atomic E-state index is 0.808. The zero-order valence-electron chi connectivity index (χ0n) is 29.5. The zero-order chi connectivity index (χ0) is 36.3. The second-order valence-electron chi connectivity index (χ2n) is 13.8. The summed E-state index contributed by atoms with van der Waals surface area (Å²) in [5.74, 6) is 0. The van der Waals surface area contributed by atoms with Crippen molar-refractivity contribution >= 4 is 64.0 Å². The third-order valence-corrected chi connectivity index (χ3v) is 11.8. The second-order valence-corrected chi connectivity index (χ2v) is 14.8. The van der Waals surface area contributed by atoms with Crippen LogP contribution in [0.2, 0.25) is 0 Å². The maximum Gasteiger partial charge on any atom is 0.0900 e. The number of hydrogen-bond donors (Lipinski definition) is 0. The van der Waals surface area contributed by atoms with Crippen molar-refractivity contribution in [2.24, 2.45) is 0 Å². The van der Waals surface area contributed by atoms with Crippen LogP contribution in [0.5, 0.6) is 0 Å². The predicted octanol–water partition coefficient (Wildman–Crippen LogP) is 13.4. The van der Waals surface area contributed by atoms with Crippen molar-refractivity contribution < 1.29 is 0 Å². The van der Waals surface area contributed by atoms with Crippen molar-refractivity contribution in [2.75, 3.05) is 0 Å². The fourth-order valence-corrected chi connectivity index (χ4v) is 9.22. The highest BCUT2D eigenvalue weighted by Gasteiger charge is 2.20. The van der Waals surface area contributed by atoms with Gasteiger partial charge in [-0.05, 0) is 86.8 Å². The molecule has 0 saturated heterocycles. The smallest absolute Gasteiger partial charge is 0.0900 e. The summed E-state index contributed by atoms with van der Waals surface area (Å²) in [5.41, 5.74) is 10.8. The van der Waals surface area contributed by atoms with Crippen LogP contribution in [0, 0.1) is 0 Å². The normalized spacial score (nSPS) is 11.6. The van der Waals surface area contributed by atoms with E-state index in [1.165, 1.54) is 47.1 Å². The monoisotopic (exact) mass is 718 g/mol. The van der Waals surface area contributed by atoms with E-state index in [0.717, 1.165) is 61.8 Å². The van der Waals surface area contributed by atoms with Gasteiger partial charge in [0, 0.05) is 49.1 Å².